The molecule has 0 aromatic rings. The lowest BCUT2D eigenvalue weighted by molar-refractivity contribution is 0.414. The van der Waals surface area contributed by atoms with Gasteiger partial charge in [-0.25, -0.2) is 0 Å². The van der Waals surface area contributed by atoms with E-state index in [1.807, 2.05) is 0 Å². The van der Waals surface area contributed by atoms with Crippen LogP contribution in [0.2, 0.25) is 25.7 Å². The average molecular weight is 246 g/mol. The Hall–Kier alpha value is -0.563. The maximum atomic E-state index is 4.01. The summed E-state index contributed by atoms with van der Waals surface area (Å²) in [6.07, 6.45) is 14.6. The van der Waals surface area contributed by atoms with E-state index in [4.69, 9.17) is 0 Å². The first-order valence-electron chi connectivity index (χ1n) is 6.97. The Morgan fingerprint density at radius 2 is 2.06 bits per heavy atom. The number of hydrogen-bond acceptors (Lipinski definition) is 0. The number of rotatable bonds is 4. The van der Waals surface area contributed by atoms with Crippen LogP contribution in [-0.2, 0) is 0 Å². The van der Waals surface area contributed by atoms with Crippen molar-refractivity contribution in [3.63, 3.8) is 0 Å². The van der Waals surface area contributed by atoms with E-state index in [9.17, 15) is 0 Å². The third-order valence-corrected chi connectivity index (χ3v) is 5.73. The summed E-state index contributed by atoms with van der Waals surface area (Å²) in [5.41, 5.74) is 0. The third-order valence-electron chi connectivity index (χ3n) is 4.27. The lowest BCUT2D eigenvalue weighted by atomic mass is 9.90. The molecule has 1 fully saturated rings. The van der Waals surface area contributed by atoms with Crippen LogP contribution in [0, 0.1) is 23.7 Å². The molecule has 0 bridgehead atoms. The molecule has 0 amide bonds. The first kappa shape index (κ1) is 12.9. The molecule has 2 rings (SSSR count). The summed E-state index contributed by atoms with van der Waals surface area (Å²) < 4.78 is 0. The van der Waals surface area contributed by atoms with Crippen LogP contribution < -0.4 is 0 Å². The zero-order valence-corrected chi connectivity index (χ0v) is 12.5. The van der Waals surface area contributed by atoms with E-state index < -0.39 is 8.07 Å². The van der Waals surface area contributed by atoms with E-state index >= 15 is 0 Å². The van der Waals surface area contributed by atoms with Crippen molar-refractivity contribution in [2.45, 2.75) is 38.5 Å². The molecule has 0 radical (unpaired) electrons. The van der Waals surface area contributed by atoms with Gasteiger partial charge in [0, 0.05) is 8.07 Å². The summed E-state index contributed by atoms with van der Waals surface area (Å²) in [5.74, 6) is 3.18. The van der Waals surface area contributed by atoms with Crippen molar-refractivity contribution in [2.24, 2.45) is 23.7 Å². The Morgan fingerprint density at radius 3 is 2.71 bits per heavy atom. The smallest absolute Gasteiger partial charge is 0.0480 e. The van der Waals surface area contributed by atoms with Crippen LogP contribution >= 0.6 is 0 Å². The van der Waals surface area contributed by atoms with E-state index in [2.05, 4.69) is 56.6 Å². The van der Waals surface area contributed by atoms with Gasteiger partial charge in [0.15, 0.2) is 0 Å². The highest BCUT2D eigenvalue weighted by Gasteiger charge is 2.40. The van der Waals surface area contributed by atoms with Crippen LogP contribution in [0.3, 0.4) is 0 Å². The molecule has 0 saturated heterocycles. The fraction of sp³-hybridized carbons (Fsp3) is 0.625. The molecule has 0 spiro atoms. The van der Waals surface area contributed by atoms with Crippen LogP contribution in [0.1, 0.15) is 12.8 Å². The SMILES string of the molecule is C=C[C@H]1C[C@@H](/C=C/C[Si](C)(C)C)[C@H]2C=CC[C@H]21. The van der Waals surface area contributed by atoms with Crippen LogP contribution in [0.4, 0.5) is 0 Å². The molecular weight excluding hydrogens is 220 g/mol. The quantitative estimate of drug-likeness (QED) is 0.489. The molecular formula is C16H26Si. The standard InChI is InChI=1S/C16H26Si/c1-5-13-12-14(8-7-11-17(2,3)4)16-10-6-9-15(13)16/h5-8,10,13-16H,1,9,11-12H2,2-4H3/b8-7+/t13-,14+,15-,16+/m0/s1. The number of allylic oxidation sites excluding steroid dienone is 5. The van der Waals surface area contributed by atoms with Gasteiger partial charge in [0.2, 0.25) is 0 Å². The zero-order valence-electron chi connectivity index (χ0n) is 11.5. The Morgan fingerprint density at radius 1 is 1.29 bits per heavy atom. The minimum Gasteiger partial charge on any atom is -0.103 e. The summed E-state index contributed by atoms with van der Waals surface area (Å²) in [6.45, 7) is 11.3. The Labute approximate surface area is 108 Å². The van der Waals surface area contributed by atoms with Crippen LogP contribution in [-0.4, -0.2) is 8.07 Å². The highest BCUT2D eigenvalue weighted by molar-refractivity contribution is 6.76. The first-order chi connectivity index (χ1) is 8.01. The largest absolute Gasteiger partial charge is 0.103 e. The second-order valence-electron chi connectivity index (χ2n) is 6.90. The lowest BCUT2D eigenvalue weighted by Gasteiger charge is -2.16. The van der Waals surface area contributed by atoms with Crippen molar-refractivity contribution >= 4 is 8.07 Å². The van der Waals surface area contributed by atoms with Crippen molar-refractivity contribution in [3.8, 4) is 0 Å². The number of hydrogen-bond donors (Lipinski definition) is 0. The maximum absolute atomic E-state index is 4.01. The van der Waals surface area contributed by atoms with Crippen molar-refractivity contribution < 1.29 is 0 Å². The molecule has 2 aliphatic rings. The van der Waals surface area contributed by atoms with Gasteiger partial charge < -0.3 is 0 Å². The normalized spacial score (nSPS) is 36.6. The predicted molar refractivity (Wildman–Crippen MR) is 79.8 cm³/mol. The molecule has 4 atom stereocenters. The molecule has 1 saturated carbocycles. The maximum Gasteiger partial charge on any atom is 0.0480 e. The van der Waals surface area contributed by atoms with E-state index in [-0.39, 0.29) is 0 Å². The van der Waals surface area contributed by atoms with Crippen molar-refractivity contribution in [3.05, 3.63) is 37.0 Å². The molecule has 0 aliphatic heterocycles. The molecule has 0 heterocycles. The fourth-order valence-corrected chi connectivity index (χ4v) is 4.18. The van der Waals surface area contributed by atoms with Crippen LogP contribution in [0.15, 0.2) is 37.0 Å². The predicted octanol–water partition coefficient (Wildman–Crippen LogP) is 4.90. The monoisotopic (exact) mass is 246 g/mol. The summed E-state index contributed by atoms with van der Waals surface area (Å²) in [5, 5.41) is 0. The molecule has 0 nitrogen and oxygen atoms in total. The lowest BCUT2D eigenvalue weighted by Crippen LogP contribution is -2.17. The summed E-state index contributed by atoms with van der Waals surface area (Å²) in [7, 11) is -0.913. The van der Waals surface area contributed by atoms with E-state index in [1.165, 1.54) is 18.9 Å². The van der Waals surface area contributed by atoms with Crippen molar-refractivity contribution in [1.82, 2.24) is 0 Å². The van der Waals surface area contributed by atoms with Crippen LogP contribution in [0.5, 0.6) is 0 Å². The fourth-order valence-electron chi connectivity index (χ4n) is 3.33. The molecule has 2 aliphatic carbocycles. The van der Waals surface area contributed by atoms with Crippen LogP contribution in [0.25, 0.3) is 0 Å². The van der Waals surface area contributed by atoms with Gasteiger partial charge in [-0.05, 0) is 42.6 Å². The average Bonchev–Trinajstić information content (AvgIpc) is 2.79. The second-order valence-corrected chi connectivity index (χ2v) is 12.4. The Bertz CT molecular complexity index is 332. The van der Waals surface area contributed by atoms with Gasteiger partial charge in [-0.15, -0.1) is 6.58 Å². The molecule has 0 aromatic carbocycles. The van der Waals surface area contributed by atoms with E-state index in [1.54, 1.807) is 0 Å². The molecule has 0 aromatic heterocycles. The molecule has 94 valence electrons. The topological polar surface area (TPSA) is 0 Å². The summed E-state index contributed by atoms with van der Waals surface area (Å²) in [6, 6.07) is 1.32. The van der Waals surface area contributed by atoms with E-state index in [0.29, 0.717) is 0 Å². The minimum absolute atomic E-state index is 0.747. The summed E-state index contributed by atoms with van der Waals surface area (Å²) >= 11 is 0. The van der Waals surface area contributed by atoms with Crippen molar-refractivity contribution in [1.29, 1.82) is 0 Å². The van der Waals surface area contributed by atoms with Gasteiger partial charge >= 0.3 is 0 Å². The minimum atomic E-state index is -0.913. The van der Waals surface area contributed by atoms with Gasteiger partial charge in [-0.3, -0.25) is 0 Å². The summed E-state index contributed by atoms with van der Waals surface area (Å²) in [4.78, 5) is 0. The van der Waals surface area contributed by atoms with Gasteiger partial charge in [-0.1, -0.05) is 50.0 Å². The first-order valence-corrected chi connectivity index (χ1v) is 10.7. The molecule has 0 N–H and O–H groups in total. The second kappa shape index (κ2) is 4.97. The molecule has 1 heteroatoms. The number of fused-ring (bicyclic) bond motifs is 1. The molecule has 17 heavy (non-hydrogen) atoms. The zero-order chi connectivity index (χ0) is 12.5. The Balaban J connectivity index is 1.98. The molecule has 0 unspecified atom stereocenters. The third kappa shape index (κ3) is 3.01. The van der Waals surface area contributed by atoms with Gasteiger partial charge in [0.1, 0.15) is 0 Å². The highest BCUT2D eigenvalue weighted by atomic mass is 28.3. The van der Waals surface area contributed by atoms with Gasteiger partial charge in [-0.2, -0.15) is 0 Å². The highest BCUT2D eigenvalue weighted by Crippen LogP contribution is 2.48. The van der Waals surface area contributed by atoms with Crippen molar-refractivity contribution in [2.75, 3.05) is 0 Å². The Kier molecular flexibility index (Phi) is 3.77. The van der Waals surface area contributed by atoms with E-state index in [0.717, 1.165) is 23.7 Å². The van der Waals surface area contributed by atoms with Gasteiger partial charge in [0.25, 0.3) is 0 Å². The van der Waals surface area contributed by atoms with Gasteiger partial charge in [0.05, 0.1) is 0 Å².